The molecule has 0 aromatic heterocycles. The minimum atomic E-state index is -4.72. The van der Waals surface area contributed by atoms with Gasteiger partial charge in [0.15, 0.2) is 0 Å². The van der Waals surface area contributed by atoms with Crippen molar-refractivity contribution in [1.29, 1.82) is 0 Å². The Balaban J connectivity index is 3.60. The predicted molar refractivity (Wildman–Crippen MR) is 21.9 cm³/mol. The lowest BCUT2D eigenvalue weighted by atomic mass is 10.9. The summed E-state index contributed by atoms with van der Waals surface area (Å²) in [6, 6.07) is -1.48. The second kappa shape index (κ2) is 2.53. The molecule has 9 heavy (non-hydrogen) atoms. The van der Waals surface area contributed by atoms with Crippen molar-refractivity contribution in [3.8, 4) is 0 Å². The van der Waals surface area contributed by atoms with Gasteiger partial charge in [0.05, 0.1) is 0 Å². The highest BCUT2D eigenvalue weighted by molar-refractivity contribution is 5.73. The van der Waals surface area contributed by atoms with Crippen LogP contribution in [0.5, 0.6) is 0 Å². The van der Waals surface area contributed by atoms with Crippen LogP contribution in [0, 0.1) is 0 Å². The molecule has 0 rings (SSSR count). The number of urea groups is 1. The fourth-order valence-electron chi connectivity index (χ4n) is 0.165. The molecule has 54 valence electrons. The molecule has 2 amide bonds. The molecule has 0 fully saturated rings. The van der Waals surface area contributed by atoms with E-state index in [4.69, 9.17) is 0 Å². The first kappa shape index (κ1) is 8.02. The van der Waals surface area contributed by atoms with Crippen LogP contribution in [0.15, 0.2) is 0 Å². The van der Waals surface area contributed by atoms with E-state index in [-0.39, 0.29) is 0 Å². The Bertz CT molecular complexity index is 110. The second-order valence-corrected chi connectivity index (χ2v) is 1.10. The standard InChI is InChI=1S/C2H4F3N3O/c3-2(4,5)7-1(9)8-6/h6H2,(H2,7,8,9). The Kier molecular flexibility index (Phi) is 2.26. The highest BCUT2D eigenvalue weighted by Crippen LogP contribution is 2.08. The van der Waals surface area contributed by atoms with E-state index in [1.54, 1.807) is 0 Å². The molecule has 0 saturated carbocycles. The summed E-state index contributed by atoms with van der Waals surface area (Å²) in [5, 5.41) is 0.594. The highest BCUT2D eigenvalue weighted by Gasteiger charge is 2.29. The summed E-state index contributed by atoms with van der Waals surface area (Å²) >= 11 is 0. The van der Waals surface area contributed by atoms with Gasteiger partial charge in [-0.25, -0.2) is 16.0 Å². The summed E-state index contributed by atoms with van der Waals surface area (Å²) in [5.41, 5.74) is 1.25. The number of alkyl halides is 3. The van der Waals surface area contributed by atoms with E-state index < -0.39 is 12.3 Å². The molecule has 0 aliphatic carbocycles. The van der Waals surface area contributed by atoms with Crippen LogP contribution in [0.3, 0.4) is 0 Å². The fourth-order valence-corrected chi connectivity index (χ4v) is 0.165. The first-order chi connectivity index (χ1) is 3.95. The number of carbonyl (C=O) groups is 1. The third-order valence-corrected chi connectivity index (χ3v) is 0.386. The Morgan fingerprint density at radius 3 is 2.00 bits per heavy atom. The van der Waals surface area contributed by atoms with Crippen molar-refractivity contribution >= 4 is 6.03 Å². The molecular formula is C2H4F3N3O. The van der Waals surface area contributed by atoms with Crippen LogP contribution >= 0.6 is 0 Å². The maximum Gasteiger partial charge on any atom is 0.486 e. The summed E-state index contributed by atoms with van der Waals surface area (Å²) in [5.74, 6) is 4.32. The molecule has 0 atom stereocenters. The third-order valence-electron chi connectivity index (χ3n) is 0.386. The smallest absolute Gasteiger partial charge is 0.276 e. The molecule has 0 aliphatic rings. The normalized spacial score (nSPS) is 10.7. The lowest BCUT2D eigenvalue weighted by Crippen LogP contribution is -2.46. The SMILES string of the molecule is NNC(=O)NC(F)(F)F. The summed E-state index contributed by atoms with van der Waals surface area (Å²) in [7, 11) is 0. The zero-order valence-electron chi connectivity index (χ0n) is 4.12. The van der Waals surface area contributed by atoms with Crippen molar-refractivity contribution in [2.75, 3.05) is 0 Å². The molecule has 0 unspecified atom stereocenters. The van der Waals surface area contributed by atoms with Gasteiger partial charge in [0.25, 0.3) is 0 Å². The van der Waals surface area contributed by atoms with Crippen molar-refractivity contribution in [3.63, 3.8) is 0 Å². The Morgan fingerprint density at radius 1 is 1.44 bits per heavy atom. The minimum absolute atomic E-state index is 0.594. The average Bonchev–Trinajstić information content (AvgIpc) is 1.62. The van der Waals surface area contributed by atoms with Crippen LogP contribution < -0.4 is 16.6 Å². The van der Waals surface area contributed by atoms with E-state index in [0.717, 1.165) is 0 Å². The van der Waals surface area contributed by atoms with Gasteiger partial charge in [-0.15, -0.1) is 0 Å². The van der Waals surface area contributed by atoms with Crippen LogP contribution in [-0.2, 0) is 0 Å². The zero-order valence-corrected chi connectivity index (χ0v) is 4.12. The van der Waals surface area contributed by atoms with Gasteiger partial charge < -0.3 is 0 Å². The number of hydrazine groups is 1. The number of hydrogen-bond acceptors (Lipinski definition) is 2. The Hall–Kier alpha value is -0.980. The van der Waals surface area contributed by atoms with Crippen LogP contribution in [0.4, 0.5) is 18.0 Å². The molecule has 0 radical (unpaired) electrons. The van der Waals surface area contributed by atoms with Crippen LogP contribution in [0.2, 0.25) is 0 Å². The summed E-state index contributed by atoms with van der Waals surface area (Å²) < 4.78 is 33.2. The number of carbonyl (C=O) groups excluding carboxylic acids is 1. The quantitative estimate of drug-likeness (QED) is 0.188. The van der Waals surface area contributed by atoms with Crippen molar-refractivity contribution in [3.05, 3.63) is 0 Å². The van der Waals surface area contributed by atoms with Crippen LogP contribution in [-0.4, -0.2) is 12.3 Å². The third kappa shape index (κ3) is 4.88. The average molecular weight is 143 g/mol. The molecule has 7 heteroatoms. The minimum Gasteiger partial charge on any atom is -0.276 e. The summed E-state index contributed by atoms with van der Waals surface area (Å²) in [4.78, 5) is 9.76. The first-order valence-corrected chi connectivity index (χ1v) is 1.81. The summed E-state index contributed by atoms with van der Waals surface area (Å²) in [6.07, 6.45) is -4.72. The maximum atomic E-state index is 11.1. The molecule has 0 aromatic carbocycles. The van der Waals surface area contributed by atoms with E-state index in [0.29, 0.717) is 5.32 Å². The lowest BCUT2D eigenvalue weighted by Gasteiger charge is -2.05. The number of nitrogens with two attached hydrogens (primary N) is 1. The number of halogens is 3. The number of nitrogens with one attached hydrogen (secondary N) is 2. The topological polar surface area (TPSA) is 67.1 Å². The van der Waals surface area contributed by atoms with Gasteiger partial charge in [0.2, 0.25) is 0 Å². The molecule has 0 heterocycles. The van der Waals surface area contributed by atoms with E-state index >= 15 is 0 Å². The van der Waals surface area contributed by atoms with Gasteiger partial charge in [-0.3, -0.25) is 5.43 Å². The van der Waals surface area contributed by atoms with Gasteiger partial charge in [-0.2, -0.15) is 13.2 Å². The van der Waals surface area contributed by atoms with Crippen molar-refractivity contribution in [2.45, 2.75) is 6.30 Å². The maximum absolute atomic E-state index is 11.1. The number of amides is 2. The Labute approximate surface area is 48.2 Å². The highest BCUT2D eigenvalue weighted by atomic mass is 19.4. The Morgan fingerprint density at radius 2 is 1.89 bits per heavy atom. The molecule has 4 nitrogen and oxygen atoms in total. The number of rotatable bonds is 0. The van der Waals surface area contributed by atoms with Crippen molar-refractivity contribution < 1.29 is 18.0 Å². The molecule has 0 saturated heterocycles. The van der Waals surface area contributed by atoms with Gasteiger partial charge in [-0.1, -0.05) is 0 Å². The lowest BCUT2D eigenvalue weighted by molar-refractivity contribution is -0.145. The van der Waals surface area contributed by atoms with E-state index in [1.165, 1.54) is 5.43 Å². The molecule has 0 aromatic rings. The summed E-state index contributed by atoms with van der Waals surface area (Å²) in [6.45, 7) is 0. The molecular weight excluding hydrogens is 139 g/mol. The van der Waals surface area contributed by atoms with Crippen molar-refractivity contribution in [2.24, 2.45) is 5.84 Å². The van der Waals surface area contributed by atoms with Gasteiger partial charge in [0.1, 0.15) is 0 Å². The van der Waals surface area contributed by atoms with E-state index in [1.807, 2.05) is 0 Å². The largest absolute Gasteiger partial charge is 0.486 e. The van der Waals surface area contributed by atoms with Gasteiger partial charge >= 0.3 is 12.3 Å². The van der Waals surface area contributed by atoms with Crippen molar-refractivity contribution in [1.82, 2.24) is 10.7 Å². The molecule has 0 aliphatic heterocycles. The second-order valence-electron chi connectivity index (χ2n) is 1.10. The van der Waals surface area contributed by atoms with Gasteiger partial charge in [-0.05, 0) is 0 Å². The van der Waals surface area contributed by atoms with Gasteiger partial charge in [0, 0.05) is 0 Å². The number of hydrogen-bond donors (Lipinski definition) is 3. The molecule has 0 bridgehead atoms. The first-order valence-electron chi connectivity index (χ1n) is 1.81. The van der Waals surface area contributed by atoms with E-state index in [9.17, 15) is 18.0 Å². The monoisotopic (exact) mass is 143 g/mol. The fraction of sp³-hybridized carbons (Fsp3) is 0.500. The van der Waals surface area contributed by atoms with E-state index in [2.05, 4.69) is 5.84 Å². The van der Waals surface area contributed by atoms with Crippen LogP contribution in [0.1, 0.15) is 0 Å². The van der Waals surface area contributed by atoms with Crippen LogP contribution in [0.25, 0.3) is 0 Å². The zero-order chi connectivity index (χ0) is 7.49. The molecule has 4 N–H and O–H groups in total. The predicted octanol–water partition coefficient (Wildman–Crippen LogP) is -0.321. The molecule has 0 spiro atoms.